The Bertz CT molecular complexity index is 1360. The fourth-order valence-corrected chi connectivity index (χ4v) is 6.07. The number of hydrogen-bond acceptors (Lipinski definition) is 8. The first kappa shape index (κ1) is 36.6. The van der Waals surface area contributed by atoms with Crippen molar-refractivity contribution in [2.75, 3.05) is 46.4 Å². The summed E-state index contributed by atoms with van der Waals surface area (Å²) in [5.74, 6) is -2.51. The van der Waals surface area contributed by atoms with E-state index in [9.17, 15) is 27.6 Å². The summed E-state index contributed by atoms with van der Waals surface area (Å²) >= 11 is 0. The van der Waals surface area contributed by atoms with Crippen molar-refractivity contribution < 1.29 is 42.5 Å². The smallest absolute Gasteiger partial charge is 0.416 e. The number of carboxylic acid groups (broad SMARTS) is 2. The first-order valence-electron chi connectivity index (χ1n) is 15.0. The van der Waals surface area contributed by atoms with Crippen LogP contribution in [0.3, 0.4) is 0 Å². The van der Waals surface area contributed by atoms with Crippen LogP contribution in [0.2, 0.25) is 0 Å². The van der Waals surface area contributed by atoms with Gasteiger partial charge < -0.3 is 19.8 Å². The lowest BCUT2D eigenvalue weighted by Gasteiger charge is -2.52. The summed E-state index contributed by atoms with van der Waals surface area (Å²) in [6.07, 6.45) is 0.000613. The molecule has 4 rings (SSSR count). The highest BCUT2D eigenvalue weighted by atomic mass is 19.4. The number of aromatic nitrogens is 2. The Morgan fingerprint density at radius 2 is 1.54 bits per heavy atom. The zero-order valence-corrected chi connectivity index (χ0v) is 26.8. The van der Waals surface area contributed by atoms with E-state index in [4.69, 9.17) is 14.9 Å². The second-order valence-corrected chi connectivity index (χ2v) is 11.8. The van der Waals surface area contributed by atoms with Gasteiger partial charge in [-0.25, -0.2) is 19.6 Å². The minimum Gasteiger partial charge on any atom is -0.478 e. The number of carboxylic acids is 2. The van der Waals surface area contributed by atoms with E-state index in [1.54, 1.807) is 19.2 Å². The molecule has 0 unspecified atom stereocenters. The molecule has 0 saturated carbocycles. The topological polar surface area (TPSA) is 136 Å². The molecule has 1 aromatic carbocycles. The number of aliphatic carboxylic acids is 2. The van der Waals surface area contributed by atoms with Crippen LogP contribution < -0.4 is 0 Å². The Kier molecular flexibility index (Phi) is 12.4. The first-order valence-corrected chi connectivity index (χ1v) is 15.0. The lowest BCUT2D eigenvalue weighted by atomic mass is 9.86. The number of alkyl halides is 3. The van der Waals surface area contributed by atoms with Crippen LogP contribution in [0.15, 0.2) is 42.7 Å². The van der Waals surface area contributed by atoms with E-state index >= 15 is 0 Å². The fourth-order valence-electron chi connectivity index (χ4n) is 6.07. The number of benzene rings is 1. The third kappa shape index (κ3) is 9.33. The van der Waals surface area contributed by atoms with Crippen molar-refractivity contribution in [3.63, 3.8) is 0 Å². The maximum Gasteiger partial charge on any atom is 0.416 e. The minimum absolute atomic E-state index is 0.000198. The molecule has 2 aliphatic heterocycles. The number of piperidine rings is 1. The van der Waals surface area contributed by atoms with E-state index in [1.165, 1.54) is 6.33 Å². The average Bonchev–Trinajstić information content (AvgIpc) is 2.99. The molecule has 2 aliphatic rings. The van der Waals surface area contributed by atoms with Crippen LogP contribution in [0, 0.1) is 13.8 Å². The van der Waals surface area contributed by atoms with Crippen molar-refractivity contribution in [3.8, 4) is 0 Å². The van der Waals surface area contributed by atoms with Crippen molar-refractivity contribution in [2.24, 2.45) is 0 Å². The summed E-state index contributed by atoms with van der Waals surface area (Å²) in [4.78, 5) is 47.5. The van der Waals surface area contributed by atoms with Gasteiger partial charge in [-0.2, -0.15) is 13.2 Å². The number of nitrogens with zero attached hydrogens (tertiary/aromatic N) is 5. The summed E-state index contributed by atoms with van der Waals surface area (Å²) in [5.41, 5.74) is 2.18. The standard InChI is InChI=1S/C28H38F3N5O2.C4H4O4/c1-19-16-35(14-15-36(19)24(17-38-5)22-6-8-23(9-7-22)28(29,30)31)27(4)10-12-34(13-11-27)26(37)25-20(2)32-18-33-21(25)3;5-3(6)1-2-4(7)8/h6-9,18-19,24H,10-17H2,1-5H3;1-2H,(H,5,6)(H,7,8)/b;2-1-/t19-,24-;/m1./s1. The zero-order valence-electron chi connectivity index (χ0n) is 26.8. The summed E-state index contributed by atoms with van der Waals surface area (Å²) in [7, 11) is 1.62. The van der Waals surface area contributed by atoms with Gasteiger partial charge in [-0.3, -0.25) is 14.6 Å². The number of aryl methyl sites for hydroxylation is 2. The number of piperazine rings is 1. The molecule has 0 radical (unpaired) electrons. The molecule has 3 heterocycles. The number of halogens is 3. The highest BCUT2D eigenvalue weighted by Crippen LogP contribution is 2.35. The van der Waals surface area contributed by atoms with Crippen molar-refractivity contribution in [1.29, 1.82) is 0 Å². The summed E-state index contributed by atoms with van der Waals surface area (Å²) in [6, 6.07) is 5.52. The van der Waals surface area contributed by atoms with Crippen LogP contribution >= 0.6 is 0 Å². The maximum absolute atomic E-state index is 13.2. The van der Waals surface area contributed by atoms with Crippen LogP contribution in [0.1, 0.15) is 65.6 Å². The molecule has 0 bridgehead atoms. The van der Waals surface area contributed by atoms with E-state index in [-0.39, 0.29) is 23.5 Å². The van der Waals surface area contributed by atoms with E-state index in [1.807, 2.05) is 18.7 Å². The molecule has 2 saturated heterocycles. The number of carbonyl (C=O) groups is 3. The first-order chi connectivity index (χ1) is 21.6. The molecule has 14 heteroatoms. The lowest BCUT2D eigenvalue weighted by Crippen LogP contribution is -2.62. The van der Waals surface area contributed by atoms with Crippen molar-refractivity contribution in [3.05, 3.63) is 70.8 Å². The average molecular weight is 650 g/mol. The summed E-state index contributed by atoms with van der Waals surface area (Å²) < 4.78 is 44.7. The van der Waals surface area contributed by atoms with Crippen LogP contribution in [-0.2, 0) is 20.5 Å². The highest BCUT2D eigenvalue weighted by molar-refractivity contribution is 5.96. The molecule has 46 heavy (non-hydrogen) atoms. The molecule has 1 aromatic heterocycles. The number of rotatable bonds is 8. The molecule has 2 atom stereocenters. The van der Waals surface area contributed by atoms with Gasteiger partial charge in [0.05, 0.1) is 35.2 Å². The van der Waals surface area contributed by atoms with Crippen molar-refractivity contribution in [1.82, 2.24) is 24.7 Å². The van der Waals surface area contributed by atoms with Gasteiger partial charge in [-0.1, -0.05) is 12.1 Å². The van der Waals surface area contributed by atoms with Crippen LogP contribution in [0.25, 0.3) is 0 Å². The SMILES string of the molecule is COC[C@H](c1ccc(C(F)(F)F)cc1)N1CCN(C2(C)CCN(C(=O)c3c(C)ncnc3C)CC2)C[C@H]1C.O=C(O)/C=C\C(=O)O. The van der Waals surface area contributed by atoms with Crippen molar-refractivity contribution >= 4 is 17.8 Å². The summed E-state index contributed by atoms with van der Waals surface area (Å²) in [5, 5.41) is 15.6. The Labute approximate surface area is 266 Å². The zero-order chi connectivity index (χ0) is 34.2. The molecular weight excluding hydrogens is 607 g/mol. The second-order valence-electron chi connectivity index (χ2n) is 11.8. The molecule has 11 nitrogen and oxygen atoms in total. The van der Waals surface area contributed by atoms with Gasteiger partial charge in [0.2, 0.25) is 0 Å². The molecular formula is C32H42F3N5O6. The van der Waals surface area contributed by atoms with E-state index in [0.717, 1.165) is 50.2 Å². The largest absolute Gasteiger partial charge is 0.478 e. The van der Waals surface area contributed by atoms with Gasteiger partial charge >= 0.3 is 18.1 Å². The molecule has 2 N–H and O–H groups in total. The number of hydrogen-bond donors (Lipinski definition) is 2. The highest BCUT2D eigenvalue weighted by Gasteiger charge is 2.41. The molecule has 252 valence electrons. The Morgan fingerprint density at radius 1 is 1.00 bits per heavy atom. The quantitative estimate of drug-likeness (QED) is 0.400. The maximum atomic E-state index is 13.2. The predicted molar refractivity (Wildman–Crippen MR) is 163 cm³/mol. The van der Waals surface area contributed by atoms with Crippen molar-refractivity contribution in [2.45, 2.75) is 64.3 Å². The molecule has 1 amide bonds. The van der Waals surface area contributed by atoms with Gasteiger partial charge in [-0.15, -0.1) is 0 Å². The minimum atomic E-state index is -4.35. The van der Waals surface area contributed by atoms with Crippen LogP contribution in [0.4, 0.5) is 13.2 Å². The predicted octanol–water partition coefficient (Wildman–Crippen LogP) is 4.21. The molecule has 0 aliphatic carbocycles. The normalized spacial score (nSPS) is 19.7. The number of methoxy groups -OCH3 is 1. The summed E-state index contributed by atoms with van der Waals surface area (Å²) in [6.45, 7) is 12.4. The van der Waals surface area contributed by atoms with Gasteiger partial charge in [0.25, 0.3) is 5.91 Å². The third-order valence-corrected chi connectivity index (χ3v) is 8.73. The van der Waals surface area contributed by atoms with E-state index in [0.29, 0.717) is 48.8 Å². The number of carbonyl (C=O) groups excluding carboxylic acids is 1. The fraction of sp³-hybridized carbons (Fsp3) is 0.531. The third-order valence-electron chi connectivity index (χ3n) is 8.73. The van der Waals surface area contributed by atoms with Crippen LogP contribution in [0.5, 0.6) is 0 Å². The van der Waals surface area contributed by atoms with Gasteiger partial charge in [0, 0.05) is 63.6 Å². The number of ether oxygens (including phenoxy) is 1. The van der Waals surface area contributed by atoms with Crippen LogP contribution in [-0.4, -0.2) is 111 Å². The van der Waals surface area contributed by atoms with Gasteiger partial charge in [0.1, 0.15) is 6.33 Å². The van der Waals surface area contributed by atoms with E-state index < -0.39 is 23.7 Å². The number of amides is 1. The van der Waals surface area contributed by atoms with Gasteiger partial charge in [0.15, 0.2) is 0 Å². The Morgan fingerprint density at radius 3 is 2.00 bits per heavy atom. The van der Waals surface area contributed by atoms with Gasteiger partial charge in [-0.05, 0) is 58.2 Å². The number of likely N-dealkylation sites (tertiary alicyclic amines) is 1. The monoisotopic (exact) mass is 649 g/mol. The molecule has 0 spiro atoms. The molecule has 2 fully saturated rings. The Balaban J connectivity index is 0.000000637. The lowest BCUT2D eigenvalue weighted by molar-refractivity contribution is -0.137. The Hall–Kier alpha value is -3.88. The van der Waals surface area contributed by atoms with E-state index in [2.05, 4.69) is 33.6 Å². The molecule has 2 aromatic rings. The second kappa shape index (κ2) is 15.6.